The van der Waals surface area contributed by atoms with Gasteiger partial charge in [-0.2, -0.15) is 0 Å². The molecule has 1 N–H and O–H groups in total. The van der Waals surface area contributed by atoms with Crippen LogP contribution in [0.15, 0.2) is 70.3 Å². The van der Waals surface area contributed by atoms with Crippen LogP contribution in [-0.2, 0) is 17.9 Å². The molecule has 1 fully saturated rings. The van der Waals surface area contributed by atoms with Crippen LogP contribution in [-0.4, -0.2) is 68.7 Å². The Morgan fingerprint density at radius 3 is 2.12 bits per heavy atom. The zero-order valence-electron chi connectivity index (χ0n) is 23.9. The van der Waals surface area contributed by atoms with E-state index in [1.165, 1.54) is 4.57 Å². The zero-order chi connectivity index (χ0) is 29.6. The summed E-state index contributed by atoms with van der Waals surface area (Å²) in [6.07, 6.45) is 1.02. The highest BCUT2D eigenvalue weighted by Crippen LogP contribution is 2.25. The van der Waals surface area contributed by atoms with Crippen molar-refractivity contribution in [2.75, 3.05) is 32.8 Å². The van der Waals surface area contributed by atoms with E-state index < -0.39 is 6.09 Å². The van der Waals surface area contributed by atoms with Gasteiger partial charge in [0.25, 0.3) is 11.5 Å². The Morgan fingerprint density at radius 1 is 0.810 bits per heavy atom. The molecule has 1 aliphatic heterocycles. The summed E-state index contributed by atoms with van der Waals surface area (Å²) in [5.41, 5.74) is 1.93. The van der Waals surface area contributed by atoms with Crippen molar-refractivity contribution in [3.8, 4) is 22.8 Å². The normalized spacial score (nSPS) is 13.4. The van der Waals surface area contributed by atoms with Crippen LogP contribution >= 0.6 is 0 Å². The Labute approximate surface area is 242 Å². The SMILES string of the molecule is CCCn1c(=O)c2[nH]c(-c3ccc(OCC(=O)N4CCN(C(=O)Oc5ccccc5)CC4)cc3)cc2n(CCC)c1=O. The van der Waals surface area contributed by atoms with Crippen molar-refractivity contribution in [2.24, 2.45) is 0 Å². The van der Waals surface area contributed by atoms with Crippen LogP contribution in [0.1, 0.15) is 26.7 Å². The number of carbonyl (C=O) groups is 2. The number of nitrogens with zero attached hydrogens (tertiary/aromatic N) is 4. The number of amides is 2. The first-order chi connectivity index (χ1) is 20.4. The van der Waals surface area contributed by atoms with Crippen molar-refractivity contribution in [2.45, 2.75) is 39.8 Å². The molecule has 0 spiro atoms. The number of benzene rings is 2. The number of aromatic amines is 1. The number of H-pyrrole nitrogens is 1. The van der Waals surface area contributed by atoms with Crippen molar-refractivity contribution in [1.82, 2.24) is 23.9 Å². The molecule has 4 aromatic rings. The maximum absolute atomic E-state index is 13.0. The molecule has 3 heterocycles. The fraction of sp³-hybridized carbons (Fsp3) is 0.355. The summed E-state index contributed by atoms with van der Waals surface area (Å²) in [5.74, 6) is 0.849. The Balaban J connectivity index is 1.19. The van der Waals surface area contributed by atoms with Gasteiger partial charge in [-0.15, -0.1) is 0 Å². The summed E-state index contributed by atoms with van der Waals surface area (Å²) < 4.78 is 14.1. The van der Waals surface area contributed by atoms with Crippen molar-refractivity contribution in [3.05, 3.63) is 81.5 Å². The van der Waals surface area contributed by atoms with Gasteiger partial charge in [0.15, 0.2) is 6.61 Å². The van der Waals surface area contributed by atoms with Crippen LogP contribution in [0.4, 0.5) is 4.79 Å². The van der Waals surface area contributed by atoms with Gasteiger partial charge in [-0.25, -0.2) is 9.59 Å². The number of aromatic nitrogens is 3. The Bertz CT molecular complexity index is 1660. The fourth-order valence-electron chi connectivity index (χ4n) is 5.07. The van der Waals surface area contributed by atoms with Crippen LogP contribution < -0.4 is 20.7 Å². The lowest BCUT2D eigenvalue weighted by Gasteiger charge is -2.34. The summed E-state index contributed by atoms with van der Waals surface area (Å²) in [6, 6.07) is 17.9. The van der Waals surface area contributed by atoms with Crippen LogP contribution in [0.3, 0.4) is 0 Å². The van der Waals surface area contributed by atoms with Gasteiger partial charge in [0.05, 0.1) is 5.52 Å². The smallest absolute Gasteiger partial charge is 0.415 e. The summed E-state index contributed by atoms with van der Waals surface area (Å²) in [6.45, 7) is 6.25. The van der Waals surface area contributed by atoms with E-state index in [-0.39, 0.29) is 23.8 Å². The second-order valence-electron chi connectivity index (χ2n) is 10.2. The number of aryl methyl sites for hydroxylation is 1. The third-order valence-electron chi connectivity index (χ3n) is 7.27. The van der Waals surface area contributed by atoms with Gasteiger partial charge in [-0.1, -0.05) is 32.0 Å². The number of rotatable bonds is 9. The summed E-state index contributed by atoms with van der Waals surface area (Å²) in [4.78, 5) is 57.6. The Morgan fingerprint density at radius 2 is 1.45 bits per heavy atom. The molecule has 2 amide bonds. The first-order valence-corrected chi connectivity index (χ1v) is 14.3. The van der Waals surface area contributed by atoms with Gasteiger partial charge in [-0.3, -0.25) is 18.7 Å². The molecule has 0 unspecified atom stereocenters. The standard InChI is InChI=1S/C31H35N5O6/c1-3-14-35-26-20-25(32-28(26)29(38)36(15-4-2)30(35)39)22-10-12-23(13-11-22)41-21-27(37)33-16-18-34(19-17-33)31(40)42-24-8-6-5-7-9-24/h5-13,20,32H,3-4,14-19,21H2,1-2H3. The largest absolute Gasteiger partial charge is 0.484 e. The van der Waals surface area contributed by atoms with Crippen LogP contribution in [0.5, 0.6) is 11.5 Å². The summed E-state index contributed by atoms with van der Waals surface area (Å²) in [7, 11) is 0. The predicted molar refractivity (Wildman–Crippen MR) is 159 cm³/mol. The lowest BCUT2D eigenvalue weighted by atomic mass is 10.1. The lowest BCUT2D eigenvalue weighted by Crippen LogP contribution is -2.52. The van der Waals surface area contributed by atoms with Crippen LogP contribution in [0.2, 0.25) is 0 Å². The van der Waals surface area contributed by atoms with Crippen molar-refractivity contribution < 1.29 is 19.1 Å². The minimum Gasteiger partial charge on any atom is -0.484 e. The third-order valence-corrected chi connectivity index (χ3v) is 7.27. The molecule has 0 radical (unpaired) electrons. The number of ether oxygens (including phenoxy) is 2. The molecule has 0 atom stereocenters. The van der Waals surface area contributed by atoms with E-state index in [9.17, 15) is 19.2 Å². The number of hydrogen-bond donors (Lipinski definition) is 1. The molecule has 2 aromatic carbocycles. The number of para-hydroxylation sites is 1. The van der Waals surface area contributed by atoms with Crippen LogP contribution in [0, 0.1) is 0 Å². The van der Waals surface area contributed by atoms with E-state index >= 15 is 0 Å². The second kappa shape index (κ2) is 12.8. The van der Waals surface area contributed by atoms with Gasteiger partial charge < -0.3 is 24.3 Å². The van der Waals surface area contributed by atoms with E-state index in [4.69, 9.17) is 9.47 Å². The molecule has 5 rings (SSSR count). The Kier molecular flexibility index (Phi) is 8.75. The summed E-state index contributed by atoms with van der Waals surface area (Å²) >= 11 is 0. The third kappa shape index (κ3) is 6.09. The molecule has 11 heteroatoms. The molecule has 0 saturated carbocycles. The lowest BCUT2D eigenvalue weighted by molar-refractivity contribution is -0.134. The maximum atomic E-state index is 13.0. The van der Waals surface area contributed by atoms with E-state index in [1.54, 1.807) is 50.8 Å². The van der Waals surface area contributed by atoms with E-state index in [0.29, 0.717) is 73.9 Å². The highest BCUT2D eigenvalue weighted by molar-refractivity contribution is 5.82. The minimum atomic E-state index is -0.431. The fourth-order valence-corrected chi connectivity index (χ4v) is 5.07. The topological polar surface area (TPSA) is 119 Å². The number of fused-ring (bicyclic) bond motifs is 1. The molecule has 1 aliphatic rings. The van der Waals surface area contributed by atoms with E-state index in [2.05, 4.69) is 4.98 Å². The van der Waals surface area contributed by atoms with Crippen molar-refractivity contribution >= 4 is 23.0 Å². The second-order valence-corrected chi connectivity index (χ2v) is 10.2. The number of carbonyl (C=O) groups excluding carboxylic acids is 2. The molecule has 1 saturated heterocycles. The molecular weight excluding hydrogens is 538 g/mol. The quantitative estimate of drug-likeness (QED) is 0.326. The van der Waals surface area contributed by atoms with Gasteiger partial charge >= 0.3 is 11.8 Å². The average molecular weight is 574 g/mol. The number of piperazine rings is 1. The monoisotopic (exact) mass is 573 g/mol. The molecule has 11 nitrogen and oxygen atoms in total. The van der Waals surface area contributed by atoms with Gasteiger partial charge in [-0.05, 0) is 60.9 Å². The van der Waals surface area contributed by atoms with Gasteiger partial charge in [0.2, 0.25) is 0 Å². The van der Waals surface area contributed by atoms with E-state index in [0.717, 1.165) is 12.0 Å². The maximum Gasteiger partial charge on any atom is 0.415 e. The summed E-state index contributed by atoms with van der Waals surface area (Å²) in [5, 5.41) is 0. The molecule has 0 bridgehead atoms. The minimum absolute atomic E-state index is 0.125. The first kappa shape index (κ1) is 28.7. The van der Waals surface area contributed by atoms with Crippen molar-refractivity contribution in [1.29, 1.82) is 0 Å². The first-order valence-electron chi connectivity index (χ1n) is 14.3. The van der Waals surface area contributed by atoms with Gasteiger partial charge in [0.1, 0.15) is 17.0 Å². The molecule has 2 aromatic heterocycles. The molecular formula is C31H35N5O6. The van der Waals surface area contributed by atoms with Crippen LogP contribution in [0.25, 0.3) is 22.3 Å². The van der Waals surface area contributed by atoms with Gasteiger partial charge in [0, 0.05) is 45.0 Å². The molecule has 42 heavy (non-hydrogen) atoms. The highest BCUT2D eigenvalue weighted by Gasteiger charge is 2.25. The number of nitrogens with one attached hydrogen (secondary N) is 1. The van der Waals surface area contributed by atoms with Crippen molar-refractivity contribution in [3.63, 3.8) is 0 Å². The molecule has 220 valence electrons. The zero-order valence-corrected chi connectivity index (χ0v) is 23.9. The Hall–Kier alpha value is -4.80. The predicted octanol–water partition coefficient (Wildman–Crippen LogP) is 3.70. The number of hydrogen-bond acceptors (Lipinski definition) is 6. The average Bonchev–Trinajstić information content (AvgIpc) is 3.47. The highest BCUT2D eigenvalue weighted by atomic mass is 16.6. The van der Waals surface area contributed by atoms with E-state index in [1.807, 2.05) is 38.1 Å². The molecule has 0 aliphatic carbocycles.